The zero-order valence-electron chi connectivity index (χ0n) is 15.3. The standard InChI is InChI=1S/C19H27NO6/c1-14(2)12-25-15-4-3-5-16(10-15)26-13-17(21)20-19(11-18(22)23)6-8-24-9-7-19/h3-5,10,14H,6-9,11-13H2,1-2H3,(H,20,21)(H,22,23). The van der Waals surface area contributed by atoms with Crippen LogP contribution in [-0.4, -0.2) is 48.9 Å². The first-order valence-electron chi connectivity index (χ1n) is 8.85. The lowest BCUT2D eigenvalue weighted by molar-refractivity contribution is -0.140. The first-order chi connectivity index (χ1) is 12.4. The Kier molecular flexibility index (Phi) is 7.26. The minimum absolute atomic E-state index is 0.124. The van der Waals surface area contributed by atoms with Crippen molar-refractivity contribution in [1.29, 1.82) is 0 Å². The van der Waals surface area contributed by atoms with E-state index in [1.54, 1.807) is 18.2 Å². The molecule has 1 aliphatic rings. The van der Waals surface area contributed by atoms with Gasteiger partial charge in [-0.25, -0.2) is 0 Å². The first-order valence-corrected chi connectivity index (χ1v) is 8.85. The van der Waals surface area contributed by atoms with Crippen molar-refractivity contribution < 1.29 is 28.9 Å². The van der Waals surface area contributed by atoms with Gasteiger partial charge in [0.25, 0.3) is 5.91 Å². The molecule has 0 aromatic heterocycles. The molecule has 0 bridgehead atoms. The number of carbonyl (C=O) groups excluding carboxylic acids is 1. The Bertz CT molecular complexity index is 610. The normalized spacial score (nSPS) is 16.1. The van der Waals surface area contributed by atoms with Crippen molar-refractivity contribution in [3.05, 3.63) is 24.3 Å². The van der Waals surface area contributed by atoms with Crippen molar-refractivity contribution in [2.45, 2.75) is 38.6 Å². The lowest BCUT2D eigenvalue weighted by Crippen LogP contribution is -2.54. The predicted octanol–water partition coefficient (Wildman–Crippen LogP) is 2.24. The van der Waals surface area contributed by atoms with Crippen molar-refractivity contribution in [1.82, 2.24) is 5.32 Å². The van der Waals surface area contributed by atoms with Crippen molar-refractivity contribution >= 4 is 11.9 Å². The Morgan fingerprint density at radius 1 is 1.23 bits per heavy atom. The van der Waals surface area contributed by atoms with Crippen LogP contribution in [0.5, 0.6) is 11.5 Å². The Balaban J connectivity index is 1.89. The van der Waals surface area contributed by atoms with Crippen LogP contribution in [-0.2, 0) is 14.3 Å². The van der Waals surface area contributed by atoms with E-state index in [0.717, 1.165) is 0 Å². The fourth-order valence-corrected chi connectivity index (χ4v) is 2.79. The van der Waals surface area contributed by atoms with E-state index in [4.69, 9.17) is 19.3 Å². The van der Waals surface area contributed by atoms with E-state index in [9.17, 15) is 9.59 Å². The number of rotatable bonds is 9. The summed E-state index contributed by atoms with van der Waals surface area (Å²) in [4.78, 5) is 23.4. The summed E-state index contributed by atoms with van der Waals surface area (Å²) in [6, 6.07) is 7.11. The van der Waals surface area contributed by atoms with Crippen molar-refractivity contribution in [3.8, 4) is 11.5 Å². The van der Waals surface area contributed by atoms with E-state index in [0.29, 0.717) is 50.1 Å². The van der Waals surface area contributed by atoms with Gasteiger partial charge in [0.2, 0.25) is 0 Å². The van der Waals surface area contributed by atoms with Gasteiger partial charge in [-0.3, -0.25) is 9.59 Å². The van der Waals surface area contributed by atoms with E-state index in [-0.39, 0.29) is 18.9 Å². The van der Waals surface area contributed by atoms with E-state index in [2.05, 4.69) is 19.2 Å². The molecule has 0 saturated carbocycles. The Morgan fingerprint density at radius 3 is 2.50 bits per heavy atom. The summed E-state index contributed by atoms with van der Waals surface area (Å²) in [7, 11) is 0. The van der Waals surface area contributed by atoms with Gasteiger partial charge in [-0.2, -0.15) is 0 Å². The maximum atomic E-state index is 12.3. The molecule has 0 radical (unpaired) electrons. The van der Waals surface area contributed by atoms with Crippen LogP contribution in [0, 0.1) is 5.92 Å². The molecule has 26 heavy (non-hydrogen) atoms. The molecule has 0 unspecified atom stereocenters. The van der Waals surface area contributed by atoms with Gasteiger partial charge in [-0.1, -0.05) is 19.9 Å². The van der Waals surface area contributed by atoms with Gasteiger partial charge in [0.15, 0.2) is 6.61 Å². The van der Waals surface area contributed by atoms with Crippen LogP contribution in [0.1, 0.15) is 33.1 Å². The molecule has 1 fully saturated rings. The van der Waals surface area contributed by atoms with E-state index >= 15 is 0 Å². The Labute approximate surface area is 153 Å². The third-order valence-corrected chi connectivity index (χ3v) is 4.10. The Hall–Kier alpha value is -2.28. The molecule has 1 aromatic rings. The van der Waals surface area contributed by atoms with Crippen LogP contribution in [0.4, 0.5) is 0 Å². The number of benzene rings is 1. The molecule has 0 atom stereocenters. The van der Waals surface area contributed by atoms with E-state index in [1.165, 1.54) is 0 Å². The van der Waals surface area contributed by atoms with Gasteiger partial charge in [0, 0.05) is 19.3 Å². The van der Waals surface area contributed by atoms with Gasteiger partial charge < -0.3 is 24.6 Å². The van der Waals surface area contributed by atoms with Crippen LogP contribution in [0.25, 0.3) is 0 Å². The number of aliphatic carboxylic acids is 1. The number of ether oxygens (including phenoxy) is 3. The molecular weight excluding hydrogens is 338 g/mol. The number of hydrogen-bond donors (Lipinski definition) is 2. The molecule has 1 aromatic carbocycles. The fourth-order valence-electron chi connectivity index (χ4n) is 2.79. The molecule has 1 aliphatic heterocycles. The summed E-state index contributed by atoms with van der Waals surface area (Å²) in [5.74, 6) is 0.337. The quantitative estimate of drug-likeness (QED) is 0.697. The lowest BCUT2D eigenvalue weighted by Gasteiger charge is -2.36. The highest BCUT2D eigenvalue weighted by molar-refractivity contribution is 5.79. The predicted molar refractivity (Wildman–Crippen MR) is 95.4 cm³/mol. The minimum atomic E-state index is -0.942. The van der Waals surface area contributed by atoms with Gasteiger partial charge >= 0.3 is 5.97 Å². The molecule has 0 aliphatic carbocycles. The van der Waals surface area contributed by atoms with Crippen molar-refractivity contribution in [3.63, 3.8) is 0 Å². The molecule has 2 rings (SSSR count). The number of carboxylic acid groups (broad SMARTS) is 1. The summed E-state index contributed by atoms with van der Waals surface area (Å²) in [5, 5.41) is 12.0. The molecule has 7 heteroatoms. The lowest BCUT2D eigenvalue weighted by atomic mass is 9.86. The second-order valence-corrected chi connectivity index (χ2v) is 6.98. The average Bonchev–Trinajstić information content (AvgIpc) is 2.58. The zero-order chi connectivity index (χ0) is 19.0. The number of nitrogens with one attached hydrogen (secondary N) is 1. The number of hydrogen-bond acceptors (Lipinski definition) is 5. The Morgan fingerprint density at radius 2 is 1.88 bits per heavy atom. The monoisotopic (exact) mass is 365 g/mol. The maximum absolute atomic E-state index is 12.3. The molecule has 2 N–H and O–H groups in total. The molecule has 1 amide bonds. The SMILES string of the molecule is CC(C)COc1cccc(OCC(=O)NC2(CC(=O)O)CCOCC2)c1. The van der Waals surface area contributed by atoms with Gasteiger partial charge in [0.05, 0.1) is 18.6 Å². The smallest absolute Gasteiger partial charge is 0.305 e. The van der Waals surface area contributed by atoms with Crippen molar-refractivity contribution in [2.24, 2.45) is 5.92 Å². The second kappa shape index (κ2) is 9.43. The molecule has 1 heterocycles. The highest BCUT2D eigenvalue weighted by atomic mass is 16.5. The van der Waals surface area contributed by atoms with Gasteiger partial charge in [0.1, 0.15) is 11.5 Å². The van der Waals surface area contributed by atoms with Gasteiger partial charge in [-0.05, 0) is 30.9 Å². The third-order valence-electron chi connectivity index (χ3n) is 4.10. The molecule has 1 saturated heterocycles. The highest BCUT2D eigenvalue weighted by Crippen LogP contribution is 2.25. The molecule has 7 nitrogen and oxygen atoms in total. The van der Waals surface area contributed by atoms with Crippen LogP contribution < -0.4 is 14.8 Å². The van der Waals surface area contributed by atoms with Crippen LogP contribution >= 0.6 is 0 Å². The largest absolute Gasteiger partial charge is 0.493 e. The minimum Gasteiger partial charge on any atom is -0.493 e. The second-order valence-electron chi connectivity index (χ2n) is 6.98. The molecule has 144 valence electrons. The molecule has 0 spiro atoms. The fraction of sp³-hybridized carbons (Fsp3) is 0.579. The summed E-state index contributed by atoms with van der Waals surface area (Å²) in [6.07, 6.45) is 0.827. The summed E-state index contributed by atoms with van der Waals surface area (Å²) >= 11 is 0. The van der Waals surface area contributed by atoms with E-state index < -0.39 is 11.5 Å². The summed E-state index contributed by atoms with van der Waals surface area (Å²) < 4.78 is 16.5. The van der Waals surface area contributed by atoms with Crippen LogP contribution in [0.3, 0.4) is 0 Å². The summed E-state index contributed by atoms with van der Waals surface area (Å²) in [5.41, 5.74) is -0.771. The summed E-state index contributed by atoms with van der Waals surface area (Å²) in [6.45, 7) is 5.41. The van der Waals surface area contributed by atoms with Gasteiger partial charge in [-0.15, -0.1) is 0 Å². The number of amides is 1. The van der Waals surface area contributed by atoms with Crippen molar-refractivity contribution in [2.75, 3.05) is 26.4 Å². The third kappa shape index (κ3) is 6.55. The first kappa shape index (κ1) is 20.0. The average molecular weight is 365 g/mol. The van der Waals surface area contributed by atoms with E-state index in [1.807, 2.05) is 6.07 Å². The van der Waals surface area contributed by atoms with Crippen LogP contribution in [0.15, 0.2) is 24.3 Å². The van der Waals surface area contributed by atoms with Crippen LogP contribution in [0.2, 0.25) is 0 Å². The zero-order valence-corrected chi connectivity index (χ0v) is 15.3. The number of carbonyl (C=O) groups is 2. The highest BCUT2D eigenvalue weighted by Gasteiger charge is 2.36. The number of carboxylic acids is 1. The maximum Gasteiger partial charge on any atom is 0.305 e. The molecular formula is C19H27NO6. The topological polar surface area (TPSA) is 94.1 Å².